The van der Waals surface area contributed by atoms with Crippen LogP contribution in [0.4, 0.5) is 0 Å². The number of fused-ring (bicyclic) bond motifs is 1. The van der Waals surface area contributed by atoms with E-state index in [0.717, 1.165) is 50.9 Å². The van der Waals surface area contributed by atoms with E-state index in [1.807, 2.05) is 48.2 Å². The summed E-state index contributed by atoms with van der Waals surface area (Å²) in [4.78, 5) is 19.5. The number of thiazole rings is 1. The van der Waals surface area contributed by atoms with E-state index in [2.05, 4.69) is 25.8 Å². The lowest BCUT2D eigenvalue weighted by molar-refractivity contribution is -0.129. The minimum absolute atomic E-state index is 0.00162. The quantitative estimate of drug-likeness (QED) is 0.324. The molecule has 6 nitrogen and oxygen atoms in total. The van der Waals surface area contributed by atoms with Crippen molar-refractivity contribution in [1.82, 2.24) is 9.88 Å². The van der Waals surface area contributed by atoms with Crippen molar-refractivity contribution in [2.75, 3.05) is 20.3 Å². The third-order valence-corrected chi connectivity index (χ3v) is 7.53. The largest absolute Gasteiger partial charge is 0.497 e. The standard InChI is InChI=1S/C27H34N2O4S/c1-6-7-12-32-23-14-24-27(34-19(4)28-24)25(15-23)33-18(3)21-13-26(30)29(16-21)17(2)20-8-10-22(31-5)11-9-20/h8-11,14-15,17-18,21H,6-7,12-13,16H2,1-5H3/t17-,18-,21-/m1/s1. The van der Waals surface area contributed by atoms with Crippen LogP contribution in [0.5, 0.6) is 17.2 Å². The molecule has 1 saturated heterocycles. The molecule has 2 aromatic carbocycles. The third kappa shape index (κ3) is 5.30. The number of ether oxygens (including phenoxy) is 3. The molecule has 1 fully saturated rings. The zero-order valence-electron chi connectivity index (χ0n) is 20.7. The first kappa shape index (κ1) is 24.3. The van der Waals surface area contributed by atoms with Crippen LogP contribution in [-0.2, 0) is 4.79 Å². The number of methoxy groups -OCH3 is 1. The van der Waals surface area contributed by atoms with Crippen LogP contribution in [0.15, 0.2) is 36.4 Å². The number of aryl methyl sites for hydroxylation is 1. The minimum atomic E-state index is -0.117. The number of carbonyl (C=O) groups is 1. The normalized spacial score (nSPS) is 17.7. The van der Waals surface area contributed by atoms with Crippen LogP contribution in [0.1, 0.15) is 56.6 Å². The first-order valence-electron chi connectivity index (χ1n) is 12.0. The maximum Gasteiger partial charge on any atom is 0.223 e. The molecule has 4 rings (SSSR count). The summed E-state index contributed by atoms with van der Waals surface area (Å²) in [6, 6.07) is 11.9. The lowest BCUT2D eigenvalue weighted by Crippen LogP contribution is -2.31. The molecule has 0 unspecified atom stereocenters. The molecule has 0 radical (unpaired) electrons. The second-order valence-corrected chi connectivity index (χ2v) is 10.2. The maximum atomic E-state index is 12.9. The monoisotopic (exact) mass is 482 g/mol. The Hall–Kier alpha value is -2.80. The van der Waals surface area contributed by atoms with Crippen molar-refractivity contribution in [3.63, 3.8) is 0 Å². The molecule has 2 heterocycles. The number of carbonyl (C=O) groups excluding carboxylic acids is 1. The summed E-state index contributed by atoms with van der Waals surface area (Å²) < 4.78 is 18.7. The highest BCUT2D eigenvalue weighted by Crippen LogP contribution is 2.38. The molecule has 3 atom stereocenters. The van der Waals surface area contributed by atoms with Crippen LogP contribution in [0, 0.1) is 12.8 Å². The third-order valence-electron chi connectivity index (χ3n) is 6.53. The van der Waals surface area contributed by atoms with Gasteiger partial charge in [0.05, 0.1) is 35.0 Å². The summed E-state index contributed by atoms with van der Waals surface area (Å²) in [5.74, 6) is 2.66. The van der Waals surface area contributed by atoms with Crippen molar-refractivity contribution in [2.45, 2.75) is 59.1 Å². The Bertz CT molecular complexity index is 1130. The highest BCUT2D eigenvalue weighted by Gasteiger charge is 2.37. The topological polar surface area (TPSA) is 60.9 Å². The molecule has 0 saturated carbocycles. The van der Waals surface area contributed by atoms with Crippen LogP contribution in [0.2, 0.25) is 0 Å². The van der Waals surface area contributed by atoms with Gasteiger partial charge in [0.1, 0.15) is 23.4 Å². The van der Waals surface area contributed by atoms with Crippen molar-refractivity contribution >= 4 is 27.5 Å². The Labute approximate surface area is 205 Å². The molecule has 34 heavy (non-hydrogen) atoms. The van der Waals surface area contributed by atoms with Gasteiger partial charge in [-0.2, -0.15) is 0 Å². The summed E-state index contributed by atoms with van der Waals surface area (Å²) in [7, 11) is 1.66. The van der Waals surface area contributed by atoms with Gasteiger partial charge in [-0.05, 0) is 44.9 Å². The number of nitrogens with zero attached hydrogens (tertiary/aromatic N) is 2. The van der Waals surface area contributed by atoms with E-state index in [-0.39, 0.29) is 24.0 Å². The molecule has 0 N–H and O–H groups in total. The van der Waals surface area contributed by atoms with Gasteiger partial charge >= 0.3 is 0 Å². The average molecular weight is 483 g/mol. The molecule has 1 amide bonds. The minimum Gasteiger partial charge on any atom is -0.497 e. The predicted molar refractivity (Wildman–Crippen MR) is 136 cm³/mol. The van der Waals surface area contributed by atoms with Gasteiger partial charge in [0.15, 0.2) is 0 Å². The van der Waals surface area contributed by atoms with E-state index in [9.17, 15) is 4.79 Å². The molecule has 0 bridgehead atoms. The number of hydrogen-bond acceptors (Lipinski definition) is 6. The van der Waals surface area contributed by atoms with Crippen LogP contribution >= 0.6 is 11.3 Å². The first-order valence-corrected chi connectivity index (χ1v) is 12.8. The average Bonchev–Trinajstić information content (AvgIpc) is 3.41. The van der Waals surface area contributed by atoms with E-state index in [4.69, 9.17) is 14.2 Å². The number of amides is 1. The molecule has 0 aliphatic carbocycles. The fraction of sp³-hybridized carbons (Fsp3) is 0.481. The molecule has 1 aliphatic rings. The molecular weight excluding hydrogens is 448 g/mol. The fourth-order valence-corrected chi connectivity index (χ4v) is 5.26. The Balaban J connectivity index is 1.48. The maximum absolute atomic E-state index is 12.9. The van der Waals surface area contributed by atoms with Crippen LogP contribution in [-0.4, -0.2) is 42.2 Å². The Morgan fingerprint density at radius 1 is 1.18 bits per heavy atom. The molecule has 1 aliphatic heterocycles. The Morgan fingerprint density at radius 2 is 1.94 bits per heavy atom. The van der Waals surface area contributed by atoms with Gasteiger partial charge in [0, 0.05) is 31.0 Å². The van der Waals surface area contributed by atoms with Crippen LogP contribution in [0.3, 0.4) is 0 Å². The zero-order chi connectivity index (χ0) is 24.2. The number of unbranched alkanes of at least 4 members (excludes halogenated alkanes) is 1. The van der Waals surface area contributed by atoms with Crippen LogP contribution < -0.4 is 14.2 Å². The first-order chi connectivity index (χ1) is 16.4. The van der Waals surface area contributed by atoms with E-state index < -0.39 is 0 Å². The zero-order valence-corrected chi connectivity index (χ0v) is 21.5. The van der Waals surface area contributed by atoms with Crippen molar-refractivity contribution in [3.05, 3.63) is 47.0 Å². The van der Waals surface area contributed by atoms with E-state index >= 15 is 0 Å². The van der Waals surface area contributed by atoms with Gasteiger partial charge < -0.3 is 19.1 Å². The predicted octanol–water partition coefficient (Wildman–Crippen LogP) is 6.17. The van der Waals surface area contributed by atoms with E-state index in [1.54, 1.807) is 18.4 Å². The van der Waals surface area contributed by atoms with Crippen molar-refractivity contribution in [2.24, 2.45) is 5.92 Å². The number of rotatable bonds is 10. The Kier molecular flexibility index (Phi) is 7.61. The molecule has 3 aromatic rings. The molecule has 1 aromatic heterocycles. The second kappa shape index (κ2) is 10.6. The van der Waals surface area contributed by atoms with Crippen molar-refractivity contribution in [1.29, 1.82) is 0 Å². The summed E-state index contributed by atoms with van der Waals surface area (Å²) in [5, 5.41) is 0.994. The van der Waals surface area contributed by atoms with E-state index in [0.29, 0.717) is 19.6 Å². The lowest BCUT2D eigenvalue weighted by Gasteiger charge is -2.27. The Morgan fingerprint density at radius 3 is 2.65 bits per heavy atom. The highest BCUT2D eigenvalue weighted by atomic mass is 32.1. The van der Waals surface area contributed by atoms with Crippen molar-refractivity contribution < 1.29 is 19.0 Å². The second-order valence-electron chi connectivity index (χ2n) is 8.99. The van der Waals surface area contributed by atoms with E-state index in [1.165, 1.54) is 0 Å². The van der Waals surface area contributed by atoms with Gasteiger partial charge in [0.2, 0.25) is 5.91 Å². The SMILES string of the molecule is CCCCOc1cc(O[C@H](C)[C@@H]2CC(=O)N([C@H](C)c3ccc(OC)cc3)C2)c2sc(C)nc2c1. The number of aromatic nitrogens is 1. The smallest absolute Gasteiger partial charge is 0.223 e. The van der Waals surface area contributed by atoms with Crippen LogP contribution in [0.25, 0.3) is 10.2 Å². The van der Waals surface area contributed by atoms with Crippen molar-refractivity contribution in [3.8, 4) is 17.2 Å². The number of likely N-dealkylation sites (tertiary alicyclic amines) is 1. The van der Waals surface area contributed by atoms with Gasteiger partial charge in [-0.3, -0.25) is 4.79 Å². The lowest BCUT2D eigenvalue weighted by atomic mass is 10.0. The fourth-order valence-electron chi connectivity index (χ4n) is 4.40. The molecular formula is C27H34N2O4S. The summed E-state index contributed by atoms with van der Waals surface area (Å²) in [5.41, 5.74) is 2.00. The number of hydrogen-bond donors (Lipinski definition) is 0. The summed E-state index contributed by atoms with van der Waals surface area (Å²) in [6.07, 6.45) is 2.46. The van der Waals surface area contributed by atoms with Gasteiger partial charge in [-0.1, -0.05) is 25.5 Å². The summed E-state index contributed by atoms with van der Waals surface area (Å²) in [6.45, 7) is 9.64. The number of benzene rings is 2. The molecule has 7 heteroatoms. The summed E-state index contributed by atoms with van der Waals surface area (Å²) >= 11 is 1.63. The molecule has 182 valence electrons. The van der Waals surface area contributed by atoms with Gasteiger partial charge in [0.25, 0.3) is 0 Å². The van der Waals surface area contributed by atoms with Gasteiger partial charge in [-0.25, -0.2) is 4.98 Å². The molecule has 0 spiro atoms. The van der Waals surface area contributed by atoms with Gasteiger partial charge in [-0.15, -0.1) is 11.3 Å². The highest BCUT2D eigenvalue weighted by molar-refractivity contribution is 7.18.